The average molecular weight is 487 g/mol. The number of nitrogens with one attached hydrogen (secondary N) is 1. The summed E-state index contributed by atoms with van der Waals surface area (Å²) >= 11 is 13.1. The second-order valence-electron chi connectivity index (χ2n) is 7.72. The Hall–Kier alpha value is -3.03. The van der Waals surface area contributed by atoms with Crippen LogP contribution in [0.2, 0.25) is 10.0 Å². The van der Waals surface area contributed by atoms with Crippen LogP contribution in [0.3, 0.4) is 0 Å². The predicted octanol–water partition coefficient (Wildman–Crippen LogP) is 5.21. The lowest BCUT2D eigenvalue weighted by molar-refractivity contribution is -0.127. The number of likely N-dealkylation sites (tertiary alicyclic amines) is 1. The molecule has 172 valence electrons. The van der Waals surface area contributed by atoms with Crippen LogP contribution >= 0.6 is 23.2 Å². The number of nitrogens with zero attached hydrogens (tertiary/aromatic N) is 3. The van der Waals surface area contributed by atoms with Crippen molar-refractivity contribution in [2.24, 2.45) is 0 Å². The zero-order chi connectivity index (χ0) is 23.5. The summed E-state index contributed by atoms with van der Waals surface area (Å²) < 4.78 is 10.8. The smallest absolute Gasteiger partial charge is 0.246 e. The third kappa shape index (κ3) is 4.70. The molecule has 1 aliphatic heterocycles. The Kier molecular flexibility index (Phi) is 6.91. The van der Waals surface area contributed by atoms with Crippen molar-refractivity contribution in [1.29, 1.82) is 0 Å². The number of piperidine rings is 1. The predicted molar refractivity (Wildman–Crippen MR) is 132 cm³/mol. The SMILES string of the molecule is C=CC(=O)N1CCC[C@H](Nc2ncc3cc(-c4c(Cl)c(OC)cc(OC)c4Cl)ccc3n2)C1. The Bertz CT molecular complexity index is 1190. The number of anilines is 1. The van der Waals surface area contributed by atoms with Crippen LogP contribution in [-0.4, -0.2) is 54.1 Å². The molecule has 33 heavy (non-hydrogen) atoms. The molecule has 0 spiro atoms. The fourth-order valence-corrected chi connectivity index (χ4v) is 4.72. The molecule has 9 heteroatoms. The van der Waals surface area contributed by atoms with Crippen LogP contribution in [0.4, 0.5) is 5.95 Å². The van der Waals surface area contributed by atoms with Crippen LogP contribution in [-0.2, 0) is 4.79 Å². The van der Waals surface area contributed by atoms with Gasteiger partial charge in [-0.15, -0.1) is 0 Å². The number of hydrogen-bond acceptors (Lipinski definition) is 6. The highest BCUT2D eigenvalue weighted by molar-refractivity contribution is 6.41. The molecule has 0 unspecified atom stereocenters. The maximum Gasteiger partial charge on any atom is 0.246 e. The van der Waals surface area contributed by atoms with Crippen molar-refractivity contribution in [1.82, 2.24) is 14.9 Å². The Morgan fingerprint density at radius 1 is 1.21 bits per heavy atom. The van der Waals surface area contributed by atoms with Crippen LogP contribution in [0, 0.1) is 0 Å². The first-order chi connectivity index (χ1) is 15.9. The van der Waals surface area contributed by atoms with E-state index < -0.39 is 0 Å². The molecule has 1 fully saturated rings. The summed E-state index contributed by atoms with van der Waals surface area (Å²) in [7, 11) is 3.08. The van der Waals surface area contributed by atoms with Crippen molar-refractivity contribution in [3.8, 4) is 22.6 Å². The number of ether oxygens (including phenoxy) is 2. The van der Waals surface area contributed by atoms with Gasteiger partial charge in [0.15, 0.2) is 0 Å². The normalized spacial score (nSPS) is 15.9. The molecule has 4 rings (SSSR count). The van der Waals surface area contributed by atoms with E-state index in [1.807, 2.05) is 18.2 Å². The molecule has 1 saturated heterocycles. The van der Waals surface area contributed by atoms with Crippen molar-refractivity contribution in [2.45, 2.75) is 18.9 Å². The van der Waals surface area contributed by atoms with E-state index in [0.717, 1.165) is 35.9 Å². The van der Waals surface area contributed by atoms with Gasteiger partial charge in [0, 0.05) is 42.3 Å². The number of rotatable bonds is 6. The van der Waals surface area contributed by atoms with Crippen LogP contribution in [0.25, 0.3) is 22.0 Å². The van der Waals surface area contributed by atoms with Crippen LogP contribution < -0.4 is 14.8 Å². The first kappa shape index (κ1) is 23.1. The van der Waals surface area contributed by atoms with Crippen molar-refractivity contribution in [2.75, 3.05) is 32.6 Å². The van der Waals surface area contributed by atoms with Crippen molar-refractivity contribution in [3.63, 3.8) is 0 Å². The molecule has 3 aromatic rings. The molecule has 0 aliphatic carbocycles. The van der Waals surface area contributed by atoms with E-state index in [2.05, 4.69) is 21.9 Å². The summed E-state index contributed by atoms with van der Waals surface area (Å²) in [5, 5.41) is 4.98. The largest absolute Gasteiger partial charge is 0.495 e. The molecule has 1 N–H and O–H groups in total. The first-order valence-corrected chi connectivity index (χ1v) is 11.3. The van der Waals surface area contributed by atoms with E-state index in [9.17, 15) is 4.79 Å². The minimum Gasteiger partial charge on any atom is -0.495 e. The molecule has 1 aliphatic rings. The highest BCUT2D eigenvalue weighted by atomic mass is 35.5. The number of hydrogen-bond donors (Lipinski definition) is 1. The quantitative estimate of drug-likeness (QED) is 0.481. The first-order valence-electron chi connectivity index (χ1n) is 10.5. The Balaban J connectivity index is 1.62. The van der Waals surface area contributed by atoms with Gasteiger partial charge in [0.05, 0.1) is 29.8 Å². The molecule has 0 saturated carbocycles. The molecular formula is C24H24Cl2N4O3. The number of halogens is 2. The second-order valence-corrected chi connectivity index (χ2v) is 8.48. The summed E-state index contributed by atoms with van der Waals surface area (Å²) in [6, 6.07) is 7.46. The van der Waals surface area contributed by atoms with Gasteiger partial charge in [-0.25, -0.2) is 9.97 Å². The minimum absolute atomic E-state index is 0.0556. The van der Waals surface area contributed by atoms with Crippen LogP contribution in [0.5, 0.6) is 11.5 Å². The maximum atomic E-state index is 11.9. The van der Waals surface area contributed by atoms with Crippen LogP contribution in [0.1, 0.15) is 12.8 Å². The highest BCUT2D eigenvalue weighted by Gasteiger charge is 2.23. The van der Waals surface area contributed by atoms with Crippen molar-refractivity contribution in [3.05, 3.63) is 53.2 Å². The minimum atomic E-state index is -0.0556. The van der Waals surface area contributed by atoms with Gasteiger partial charge in [0.2, 0.25) is 11.9 Å². The molecule has 2 aromatic carbocycles. The standard InChI is InChI=1S/C24H24Cl2N4O3/c1-4-20(31)30-9-5-6-16(13-30)28-24-27-12-15-10-14(7-8-17(15)29-24)21-22(25)18(32-2)11-19(33-3)23(21)26/h4,7-8,10-12,16H,1,5-6,9,13H2,2-3H3,(H,27,28,29)/t16-/m0/s1. The van der Waals surface area contributed by atoms with Gasteiger partial charge in [-0.3, -0.25) is 4.79 Å². The molecule has 0 radical (unpaired) electrons. The van der Waals surface area contributed by atoms with Gasteiger partial charge in [-0.05, 0) is 36.6 Å². The molecule has 2 heterocycles. The van der Waals surface area contributed by atoms with E-state index in [4.69, 9.17) is 32.7 Å². The number of amides is 1. The second kappa shape index (κ2) is 9.85. The third-order valence-electron chi connectivity index (χ3n) is 5.68. The number of methoxy groups -OCH3 is 2. The summed E-state index contributed by atoms with van der Waals surface area (Å²) in [6.07, 6.45) is 4.96. The molecule has 1 amide bonds. The third-order valence-corrected chi connectivity index (χ3v) is 6.43. The molecular weight excluding hydrogens is 463 g/mol. The maximum absolute atomic E-state index is 11.9. The van der Waals surface area contributed by atoms with E-state index >= 15 is 0 Å². The lowest BCUT2D eigenvalue weighted by Gasteiger charge is -2.32. The van der Waals surface area contributed by atoms with Crippen molar-refractivity contribution >= 4 is 46.0 Å². The van der Waals surface area contributed by atoms with Gasteiger partial charge in [-0.1, -0.05) is 35.8 Å². The summed E-state index contributed by atoms with van der Waals surface area (Å²) in [5.41, 5.74) is 2.19. The fraction of sp³-hybridized carbons (Fsp3) is 0.292. The van der Waals surface area contributed by atoms with E-state index in [0.29, 0.717) is 39.6 Å². The number of carbonyl (C=O) groups excluding carboxylic acids is 1. The molecule has 7 nitrogen and oxygen atoms in total. The van der Waals surface area contributed by atoms with Gasteiger partial charge in [-0.2, -0.15) is 0 Å². The van der Waals surface area contributed by atoms with E-state index in [-0.39, 0.29) is 11.9 Å². The Morgan fingerprint density at radius 3 is 2.61 bits per heavy atom. The molecule has 0 bridgehead atoms. The monoisotopic (exact) mass is 486 g/mol. The molecule has 1 aromatic heterocycles. The zero-order valence-corrected chi connectivity index (χ0v) is 19.9. The van der Waals surface area contributed by atoms with Gasteiger partial charge >= 0.3 is 0 Å². The fourth-order valence-electron chi connectivity index (χ4n) is 4.00. The highest BCUT2D eigenvalue weighted by Crippen LogP contribution is 2.46. The number of benzene rings is 2. The Labute approximate surface area is 202 Å². The van der Waals surface area contributed by atoms with Crippen LogP contribution in [0.15, 0.2) is 43.1 Å². The molecule has 1 atom stereocenters. The average Bonchev–Trinajstić information content (AvgIpc) is 2.84. The number of carbonyl (C=O) groups is 1. The lowest BCUT2D eigenvalue weighted by Crippen LogP contribution is -2.44. The lowest BCUT2D eigenvalue weighted by atomic mass is 10.0. The topological polar surface area (TPSA) is 76.6 Å². The van der Waals surface area contributed by atoms with Gasteiger partial charge in [0.25, 0.3) is 0 Å². The van der Waals surface area contributed by atoms with E-state index in [1.54, 1.807) is 31.4 Å². The zero-order valence-electron chi connectivity index (χ0n) is 18.4. The van der Waals surface area contributed by atoms with Gasteiger partial charge in [0.1, 0.15) is 11.5 Å². The summed E-state index contributed by atoms with van der Waals surface area (Å²) in [6.45, 7) is 4.91. The van der Waals surface area contributed by atoms with E-state index in [1.165, 1.54) is 6.08 Å². The number of fused-ring (bicyclic) bond motifs is 1. The van der Waals surface area contributed by atoms with Crippen molar-refractivity contribution < 1.29 is 14.3 Å². The number of aromatic nitrogens is 2. The Morgan fingerprint density at radius 2 is 1.94 bits per heavy atom. The summed E-state index contributed by atoms with van der Waals surface area (Å²) in [4.78, 5) is 22.8. The van der Waals surface area contributed by atoms with Gasteiger partial charge < -0.3 is 19.7 Å². The summed E-state index contributed by atoms with van der Waals surface area (Å²) in [5.74, 6) is 1.41.